The highest BCUT2D eigenvalue weighted by molar-refractivity contribution is 7.99. The summed E-state index contributed by atoms with van der Waals surface area (Å²) in [4.78, 5) is 94.8. The topological polar surface area (TPSA) is 399 Å². The molecule has 9 N–H and O–H groups in total. The number of ether oxygens (including phenoxy) is 1. The number of fused-ring (bicyclic) bond motifs is 4. The van der Waals surface area contributed by atoms with Crippen molar-refractivity contribution in [3.05, 3.63) is 94.7 Å². The third-order valence-corrected chi connectivity index (χ3v) is 22.7. The highest BCUT2D eigenvalue weighted by Gasteiger charge is 2.51. The van der Waals surface area contributed by atoms with Crippen LogP contribution in [-0.4, -0.2) is 251 Å². The van der Waals surface area contributed by atoms with Gasteiger partial charge in [-0.25, -0.2) is 0 Å². The Morgan fingerprint density at radius 1 is 0.686 bits per heavy atom. The van der Waals surface area contributed by atoms with Gasteiger partial charge in [-0.3, -0.25) is 62.3 Å². The molecule has 5 aliphatic rings. The van der Waals surface area contributed by atoms with Crippen LogP contribution in [0.3, 0.4) is 0 Å². The average molecular weight is 1480 g/mol. The summed E-state index contributed by atoms with van der Waals surface area (Å²) in [6, 6.07) is 8.05. The van der Waals surface area contributed by atoms with Crippen molar-refractivity contribution in [1.82, 2.24) is 40.4 Å². The lowest BCUT2D eigenvalue weighted by atomic mass is 9.81. The molecule has 1 aromatic heterocycles. The molecule has 1 unspecified atom stereocenters. The van der Waals surface area contributed by atoms with Gasteiger partial charge < -0.3 is 46.0 Å². The number of hydrogen-bond acceptors (Lipinski definition) is 21. The number of allylic oxidation sites excluding steroid dienone is 6. The van der Waals surface area contributed by atoms with E-state index in [4.69, 9.17) is 4.74 Å². The third kappa shape index (κ3) is 21.5. The van der Waals surface area contributed by atoms with Crippen molar-refractivity contribution >= 4 is 96.6 Å². The Bertz CT molecular complexity index is 3920. The first kappa shape index (κ1) is 80.0. The maximum Gasteiger partial charge on any atom is 0.320 e. The second kappa shape index (κ2) is 35.7. The molecule has 3 aromatic rings. The number of carbonyl (C=O) groups is 7. The Morgan fingerprint density at radius 2 is 1.25 bits per heavy atom. The number of nitrogens with zero attached hydrogens (tertiary/aromatic N) is 8. The number of amides is 2. The van der Waals surface area contributed by atoms with Gasteiger partial charge in [-0.05, 0) is 131 Å². The lowest BCUT2D eigenvalue weighted by molar-refractivity contribution is -0.438. The predicted molar refractivity (Wildman–Crippen MR) is 382 cm³/mol. The molecule has 102 heavy (non-hydrogen) atoms. The molecule has 1 saturated carbocycles. The number of nitrogens with one attached hydrogen (secondary N) is 3. The zero-order chi connectivity index (χ0) is 74.3. The lowest BCUT2D eigenvalue weighted by Gasteiger charge is -2.35. The second-order valence-corrected chi connectivity index (χ2v) is 31.5. The minimum Gasteiger partial charge on any atom is -0.480 e. The second-order valence-electron chi connectivity index (χ2n) is 27.5. The smallest absolute Gasteiger partial charge is 0.320 e. The van der Waals surface area contributed by atoms with Gasteiger partial charge in [-0.2, -0.15) is 21.4 Å². The van der Waals surface area contributed by atoms with E-state index in [1.807, 2.05) is 65.0 Å². The molecule has 3 aliphatic heterocycles. The lowest BCUT2D eigenvalue weighted by Crippen LogP contribution is -2.52. The first-order valence-corrected chi connectivity index (χ1v) is 38.6. The van der Waals surface area contributed by atoms with Crippen LogP contribution in [0.15, 0.2) is 87.3 Å². The minimum atomic E-state index is -4.49. The molecule has 8 rings (SSSR count). The molecule has 2 aliphatic carbocycles. The number of carboxylic acids is 4. The fourth-order valence-corrected chi connectivity index (χ4v) is 16.5. The predicted octanol–water partition coefficient (Wildman–Crippen LogP) is 5.17. The van der Waals surface area contributed by atoms with Gasteiger partial charge in [0.05, 0.1) is 41.4 Å². The summed E-state index contributed by atoms with van der Waals surface area (Å²) in [6.45, 7) is 13.7. The summed E-state index contributed by atoms with van der Waals surface area (Å²) in [6.07, 6.45) is 14.8. The van der Waals surface area contributed by atoms with E-state index in [-0.39, 0.29) is 126 Å². The van der Waals surface area contributed by atoms with Gasteiger partial charge >= 0.3 is 29.8 Å². The van der Waals surface area contributed by atoms with Crippen molar-refractivity contribution in [2.45, 2.75) is 137 Å². The number of rotatable bonds is 33. The Morgan fingerprint density at radius 3 is 1.83 bits per heavy atom. The standard InChI is InChI=1S/C70H97N11O18S3/c1-7-80-56-23-17-47(101(93,94)95)40-54(56)69(3,4)59(80)14-10-8-11-15-60-70(5,6)55-41-48(102(96,97)98)18-24-57(55)81(60)30-13-9-12-16-61(83)72-29-39-100-67-52-22-20-50-49(53(50)45-99-46(2)82)19-21-51(52)66(74-75-67)73-28-27-71-62(84)26-25-58(68(91)92)79-37-35-77(43-64(87)88)33-31-76(42-63(85)86)32-34-78(36-38-79)44-65(89)90/h8,10-11,14-15,17-18,23-24,40-41,49-50,53,58H,7,9,12-13,16,19-22,25-39,42-45H2,1-6H3,(H8-,71,72,73,74,83,84,85,86,87,88,89,90,91,92,93,94,95,96,97,98)/p+1/t49-,50+,53-,58?/m0/s1. The summed E-state index contributed by atoms with van der Waals surface area (Å²) < 4.78 is 76.1. The Balaban J connectivity index is 0.847. The summed E-state index contributed by atoms with van der Waals surface area (Å²) in [5, 5.41) is 58.7. The third-order valence-electron chi connectivity index (χ3n) is 20.0. The van der Waals surface area contributed by atoms with Crippen molar-refractivity contribution in [3.8, 4) is 0 Å². The van der Waals surface area contributed by atoms with Gasteiger partial charge in [0.2, 0.25) is 17.5 Å². The molecule has 4 heterocycles. The number of anilines is 2. The minimum absolute atomic E-state index is 0.0775. The van der Waals surface area contributed by atoms with Crippen LogP contribution in [0.4, 0.5) is 17.2 Å². The maximum absolute atomic E-state index is 13.4. The van der Waals surface area contributed by atoms with E-state index in [0.29, 0.717) is 88.2 Å². The van der Waals surface area contributed by atoms with Gasteiger partial charge in [0.25, 0.3) is 20.2 Å². The number of hydrogen-bond donors (Lipinski definition) is 9. The van der Waals surface area contributed by atoms with Gasteiger partial charge in [0.15, 0.2) is 11.5 Å². The fraction of sp³-hybridized carbons (Fsp3) is 0.571. The molecular formula is C70H98N11O18S3+. The molecule has 0 radical (unpaired) electrons. The molecule has 0 bridgehead atoms. The van der Waals surface area contributed by atoms with E-state index < -0.39 is 66.9 Å². The van der Waals surface area contributed by atoms with E-state index in [9.17, 15) is 79.9 Å². The SMILES string of the molecule is CCN1C(=CC=CC=CC2=[N+](CCCCCC(=O)NCCSc3nnc(NCCNC(=O)CCC(C(=O)O)N4CCN(CC(=O)O)CCN(CC(=O)O)CCN(CC(=O)O)CC4)c4c3CC[C@@H]3[C@H](CC4)[C@@H]3COC(C)=O)c3ccc(S(=O)(=O)O)cc3C2(C)C)C(C)(C)c2cc(S(=O)(=O)O)ccc21. The summed E-state index contributed by atoms with van der Waals surface area (Å²) >= 11 is 1.50. The van der Waals surface area contributed by atoms with Crippen LogP contribution in [0.5, 0.6) is 0 Å². The monoisotopic (exact) mass is 1480 g/mol. The van der Waals surface area contributed by atoms with Crippen molar-refractivity contribution < 1.29 is 89.2 Å². The van der Waals surface area contributed by atoms with E-state index in [0.717, 1.165) is 62.9 Å². The zero-order valence-electron chi connectivity index (χ0n) is 58.8. The van der Waals surface area contributed by atoms with E-state index in [1.165, 1.54) is 43.0 Å². The Kier molecular flexibility index (Phi) is 28.0. The molecule has 1 saturated heterocycles. The molecule has 558 valence electrons. The quantitative estimate of drug-likeness (QED) is 0.00948. The molecule has 2 aromatic carbocycles. The largest absolute Gasteiger partial charge is 0.480 e. The van der Waals surface area contributed by atoms with Gasteiger partial charge in [-0.1, -0.05) is 32.1 Å². The highest BCUT2D eigenvalue weighted by atomic mass is 32.2. The van der Waals surface area contributed by atoms with E-state index in [1.54, 1.807) is 31.7 Å². The van der Waals surface area contributed by atoms with Crippen LogP contribution in [0.25, 0.3) is 0 Å². The average Bonchev–Trinajstić information content (AvgIpc) is 1.59. The number of unbranched alkanes of at least 4 members (excludes halogenated alkanes) is 2. The molecule has 2 fully saturated rings. The van der Waals surface area contributed by atoms with Crippen molar-refractivity contribution in [3.63, 3.8) is 0 Å². The molecule has 0 spiro atoms. The maximum atomic E-state index is 13.4. The summed E-state index contributed by atoms with van der Waals surface area (Å²) in [5.74, 6) is -3.27. The van der Waals surface area contributed by atoms with Gasteiger partial charge in [0.1, 0.15) is 17.6 Å². The number of likely N-dealkylation sites (N-methyl/N-ethyl adjacent to an activating group) is 1. The van der Waals surface area contributed by atoms with Crippen LogP contribution in [-0.2, 0) is 82.2 Å². The number of aromatic nitrogens is 2. The van der Waals surface area contributed by atoms with Crippen molar-refractivity contribution in [2.24, 2.45) is 17.8 Å². The Hall–Kier alpha value is -7.69. The summed E-state index contributed by atoms with van der Waals surface area (Å²) in [7, 11) is -8.90. The Labute approximate surface area is 600 Å². The number of benzene rings is 2. The molecule has 2 amide bonds. The number of carbonyl (C=O) groups excluding carboxylic acids is 3. The highest BCUT2D eigenvalue weighted by Crippen LogP contribution is 2.54. The number of thioether (sulfide) groups is 1. The number of esters is 1. The molecule has 4 atom stereocenters. The van der Waals surface area contributed by atoms with Crippen LogP contribution in [0, 0.1) is 17.8 Å². The molecule has 32 heteroatoms. The van der Waals surface area contributed by atoms with E-state index >= 15 is 0 Å². The first-order chi connectivity index (χ1) is 48.3. The fourth-order valence-electron chi connectivity index (χ4n) is 14.6. The van der Waals surface area contributed by atoms with Crippen molar-refractivity contribution in [2.75, 3.05) is 127 Å². The van der Waals surface area contributed by atoms with Crippen LogP contribution in [0.1, 0.15) is 115 Å². The normalized spacial score (nSPS) is 20.5. The van der Waals surface area contributed by atoms with E-state index in [2.05, 4.69) is 35.6 Å². The van der Waals surface area contributed by atoms with Gasteiger partial charge in [0, 0.05) is 151 Å². The number of aliphatic carboxylic acids is 4. The zero-order valence-corrected chi connectivity index (χ0v) is 61.3. The van der Waals surface area contributed by atoms with Crippen LogP contribution in [0.2, 0.25) is 0 Å². The van der Waals surface area contributed by atoms with Crippen molar-refractivity contribution in [1.29, 1.82) is 0 Å². The summed E-state index contributed by atoms with van der Waals surface area (Å²) in [5.41, 5.74) is 5.77. The van der Waals surface area contributed by atoms with Gasteiger partial charge in [-0.15, -0.1) is 22.0 Å². The first-order valence-electron chi connectivity index (χ1n) is 34.7. The van der Waals surface area contributed by atoms with Crippen LogP contribution < -0.4 is 20.9 Å². The molecular weight excluding hydrogens is 1380 g/mol. The molecule has 29 nitrogen and oxygen atoms in total. The van der Waals surface area contributed by atoms with Crippen LogP contribution >= 0.6 is 11.8 Å². The number of carboxylic acid groups (broad SMARTS) is 4.